The number of likely N-dealkylation sites (tertiary alicyclic amines) is 1. The van der Waals surface area contributed by atoms with Crippen molar-refractivity contribution < 1.29 is 9.18 Å². The molecule has 0 unspecified atom stereocenters. The Kier molecular flexibility index (Phi) is 5.04. The number of aryl methyl sites for hydroxylation is 2. The van der Waals surface area contributed by atoms with Crippen molar-refractivity contribution in [2.75, 3.05) is 24.5 Å². The van der Waals surface area contributed by atoms with E-state index in [0.717, 1.165) is 48.8 Å². The molecule has 2 saturated heterocycles. The number of hydrogen-bond acceptors (Lipinski definition) is 4. The minimum absolute atomic E-state index is 0.0540. The van der Waals surface area contributed by atoms with E-state index >= 15 is 0 Å². The van der Waals surface area contributed by atoms with E-state index in [1.165, 1.54) is 6.07 Å². The summed E-state index contributed by atoms with van der Waals surface area (Å²) < 4.78 is 13.9. The third-order valence-corrected chi connectivity index (χ3v) is 5.94. The second kappa shape index (κ2) is 7.49. The Balaban J connectivity index is 1.62. The molecule has 2 fully saturated rings. The molecular formula is C22H27FN4O. The van der Waals surface area contributed by atoms with E-state index in [-0.39, 0.29) is 23.7 Å². The summed E-state index contributed by atoms with van der Waals surface area (Å²) in [6.45, 7) is 8.14. The molecule has 2 aromatic rings. The molecule has 0 saturated carbocycles. The smallest absolute Gasteiger partial charge is 0.219 e. The van der Waals surface area contributed by atoms with Crippen molar-refractivity contribution in [3.8, 4) is 0 Å². The predicted octanol–water partition coefficient (Wildman–Crippen LogP) is 3.53. The fourth-order valence-corrected chi connectivity index (χ4v) is 4.78. The van der Waals surface area contributed by atoms with Crippen LogP contribution >= 0.6 is 0 Å². The number of hydrogen-bond donors (Lipinski definition) is 0. The molecule has 3 atom stereocenters. The molecule has 2 aliphatic rings. The summed E-state index contributed by atoms with van der Waals surface area (Å²) in [6, 6.07) is 8.64. The predicted molar refractivity (Wildman–Crippen MR) is 106 cm³/mol. The van der Waals surface area contributed by atoms with Crippen LogP contribution in [0.2, 0.25) is 0 Å². The number of aromatic nitrogens is 2. The zero-order valence-corrected chi connectivity index (χ0v) is 16.7. The van der Waals surface area contributed by atoms with Crippen molar-refractivity contribution in [3.63, 3.8) is 0 Å². The normalized spacial score (nSPS) is 23.9. The molecule has 1 amide bonds. The van der Waals surface area contributed by atoms with Gasteiger partial charge in [-0.1, -0.05) is 19.1 Å². The number of rotatable bonds is 4. The number of benzene rings is 1. The Labute approximate surface area is 165 Å². The Morgan fingerprint density at radius 2 is 2.04 bits per heavy atom. The summed E-state index contributed by atoms with van der Waals surface area (Å²) in [5.74, 6) is 2.30. The molecule has 4 rings (SSSR count). The van der Waals surface area contributed by atoms with Crippen LogP contribution in [0.1, 0.15) is 43.4 Å². The first-order valence-electron chi connectivity index (χ1n) is 10.1. The lowest BCUT2D eigenvalue weighted by Gasteiger charge is -2.29. The monoisotopic (exact) mass is 382 g/mol. The maximum absolute atomic E-state index is 13.9. The fourth-order valence-electron chi connectivity index (χ4n) is 4.78. The van der Waals surface area contributed by atoms with Crippen LogP contribution in [0, 0.1) is 24.6 Å². The van der Waals surface area contributed by atoms with Gasteiger partial charge in [-0.15, -0.1) is 0 Å². The summed E-state index contributed by atoms with van der Waals surface area (Å²) >= 11 is 0. The fraction of sp³-hybridized carbons (Fsp3) is 0.500. The summed E-state index contributed by atoms with van der Waals surface area (Å²) in [5.41, 5.74) is 1.87. The van der Waals surface area contributed by atoms with Gasteiger partial charge < -0.3 is 9.80 Å². The molecule has 0 radical (unpaired) electrons. The van der Waals surface area contributed by atoms with Crippen molar-refractivity contribution in [2.45, 2.75) is 39.7 Å². The van der Waals surface area contributed by atoms with Gasteiger partial charge in [0, 0.05) is 56.6 Å². The molecular weight excluding hydrogens is 355 g/mol. The van der Waals surface area contributed by atoms with Crippen LogP contribution in [0.4, 0.5) is 10.2 Å². The summed E-state index contributed by atoms with van der Waals surface area (Å²) in [5, 5.41) is 0. The minimum atomic E-state index is -0.255. The Hall–Kier alpha value is -2.50. The standard InChI is InChI=1S/C22H27FN4O/c1-4-6-20-24-14(2)9-21(25-20)26-11-17-12-27(15(3)28)22(19(17)13-26)16-7-5-8-18(23)10-16/h5,7-10,17,19,22H,4,6,11-13H2,1-3H3/t17-,19-,22-/m1/s1. The Bertz CT molecular complexity index is 887. The molecule has 2 aliphatic heterocycles. The summed E-state index contributed by atoms with van der Waals surface area (Å²) in [7, 11) is 0. The topological polar surface area (TPSA) is 49.3 Å². The largest absolute Gasteiger partial charge is 0.356 e. The first kappa shape index (κ1) is 18.8. The number of halogens is 1. The lowest BCUT2D eigenvalue weighted by molar-refractivity contribution is -0.130. The molecule has 148 valence electrons. The van der Waals surface area contributed by atoms with Crippen LogP contribution in [0.5, 0.6) is 0 Å². The van der Waals surface area contributed by atoms with E-state index in [2.05, 4.69) is 16.8 Å². The van der Waals surface area contributed by atoms with Crippen molar-refractivity contribution >= 4 is 11.7 Å². The van der Waals surface area contributed by atoms with Crippen LogP contribution in [-0.4, -0.2) is 40.4 Å². The average molecular weight is 382 g/mol. The van der Waals surface area contributed by atoms with Gasteiger partial charge in [-0.25, -0.2) is 14.4 Å². The maximum atomic E-state index is 13.9. The number of amides is 1. The first-order chi connectivity index (χ1) is 13.5. The van der Waals surface area contributed by atoms with E-state index in [1.54, 1.807) is 19.1 Å². The zero-order valence-electron chi connectivity index (χ0n) is 16.7. The zero-order chi connectivity index (χ0) is 19.8. The molecule has 0 spiro atoms. The number of nitrogens with zero attached hydrogens (tertiary/aromatic N) is 4. The molecule has 28 heavy (non-hydrogen) atoms. The highest BCUT2D eigenvalue weighted by Gasteiger charge is 2.48. The van der Waals surface area contributed by atoms with E-state index in [4.69, 9.17) is 4.98 Å². The summed E-state index contributed by atoms with van der Waals surface area (Å²) in [4.78, 5) is 25.8. The molecule has 0 N–H and O–H groups in total. The molecule has 0 bridgehead atoms. The SMILES string of the molecule is CCCc1nc(C)cc(N2C[C@@H]3CN(C(C)=O)[C@H](c4cccc(F)c4)[C@@H]3C2)n1. The van der Waals surface area contributed by atoms with Gasteiger partial charge in [-0.2, -0.15) is 0 Å². The lowest BCUT2D eigenvalue weighted by Crippen LogP contribution is -2.34. The highest BCUT2D eigenvalue weighted by Crippen LogP contribution is 2.45. The summed E-state index contributed by atoms with van der Waals surface area (Å²) in [6.07, 6.45) is 1.89. The van der Waals surface area contributed by atoms with E-state index < -0.39 is 0 Å². The third kappa shape index (κ3) is 3.48. The van der Waals surface area contributed by atoms with Crippen LogP contribution in [0.25, 0.3) is 0 Å². The van der Waals surface area contributed by atoms with Gasteiger partial charge in [0.15, 0.2) is 0 Å². The van der Waals surface area contributed by atoms with Gasteiger partial charge >= 0.3 is 0 Å². The van der Waals surface area contributed by atoms with Crippen LogP contribution in [-0.2, 0) is 11.2 Å². The van der Waals surface area contributed by atoms with Crippen molar-refractivity contribution in [3.05, 3.63) is 53.2 Å². The molecule has 1 aromatic heterocycles. The number of carbonyl (C=O) groups excluding carboxylic acids is 1. The highest BCUT2D eigenvalue weighted by molar-refractivity contribution is 5.74. The maximum Gasteiger partial charge on any atom is 0.219 e. The molecule has 3 heterocycles. The van der Waals surface area contributed by atoms with Gasteiger partial charge in [0.05, 0.1) is 6.04 Å². The quantitative estimate of drug-likeness (QED) is 0.812. The average Bonchev–Trinajstić information content (AvgIpc) is 3.19. The van der Waals surface area contributed by atoms with Crippen molar-refractivity contribution in [1.82, 2.24) is 14.9 Å². The molecule has 0 aliphatic carbocycles. The lowest BCUT2D eigenvalue weighted by atomic mass is 9.89. The molecule has 5 nitrogen and oxygen atoms in total. The third-order valence-electron chi connectivity index (χ3n) is 5.94. The van der Waals surface area contributed by atoms with E-state index in [1.807, 2.05) is 24.0 Å². The second-order valence-corrected chi connectivity index (χ2v) is 8.03. The highest BCUT2D eigenvalue weighted by atomic mass is 19.1. The first-order valence-corrected chi connectivity index (χ1v) is 10.1. The molecule has 1 aromatic carbocycles. The van der Waals surface area contributed by atoms with E-state index in [0.29, 0.717) is 12.5 Å². The Morgan fingerprint density at radius 1 is 1.21 bits per heavy atom. The van der Waals surface area contributed by atoms with Gasteiger partial charge in [0.1, 0.15) is 17.5 Å². The van der Waals surface area contributed by atoms with Crippen LogP contribution in [0.15, 0.2) is 30.3 Å². The van der Waals surface area contributed by atoms with Crippen molar-refractivity contribution in [2.24, 2.45) is 11.8 Å². The van der Waals surface area contributed by atoms with Gasteiger partial charge in [0.2, 0.25) is 5.91 Å². The van der Waals surface area contributed by atoms with Gasteiger partial charge in [0.25, 0.3) is 0 Å². The molecule has 6 heteroatoms. The Morgan fingerprint density at radius 3 is 2.75 bits per heavy atom. The van der Waals surface area contributed by atoms with Gasteiger partial charge in [-0.05, 0) is 31.0 Å². The number of carbonyl (C=O) groups is 1. The van der Waals surface area contributed by atoms with Gasteiger partial charge in [-0.3, -0.25) is 4.79 Å². The van der Waals surface area contributed by atoms with Crippen LogP contribution in [0.3, 0.4) is 0 Å². The van der Waals surface area contributed by atoms with Crippen LogP contribution < -0.4 is 4.90 Å². The second-order valence-electron chi connectivity index (χ2n) is 8.03. The number of anilines is 1. The number of fused-ring (bicyclic) bond motifs is 1. The van der Waals surface area contributed by atoms with Crippen molar-refractivity contribution in [1.29, 1.82) is 0 Å². The van der Waals surface area contributed by atoms with E-state index in [9.17, 15) is 9.18 Å². The minimum Gasteiger partial charge on any atom is -0.356 e.